The van der Waals surface area contributed by atoms with Crippen molar-refractivity contribution in [2.75, 3.05) is 37.5 Å². The van der Waals surface area contributed by atoms with Crippen molar-refractivity contribution in [3.63, 3.8) is 0 Å². The maximum Gasteiger partial charge on any atom is 0.262 e. The average Bonchev–Trinajstić information content (AvgIpc) is 3.18. The van der Waals surface area contributed by atoms with E-state index in [4.69, 9.17) is 36.3 Å². The molecule has 1 amide bonds. The van der Waals surface area contributed by atoms with Crippen LogP contribution in [-0.4, -0.2) is 57.5 Å². The monoisotopic (exact) mass is 818 g/mol. The van der Waals surface area contributed by atoms with Crippen LogP contribution < -0.4 is 30.0 Å². The number of nitrogen functional groups attached to an aromatic ring is 1. The van der Waals surface area contributed by atoms with E-state index in [1.807, 2.05) is 38.1 Å². The van der Waals surface area contributed by atoms with Gasteiger partial charge in [0, 0.05) is 11.1 Å². The van der Waals surface area contributed by atoms with Gasteiger partial charge in [-0.3, -0.25) is 19.6 Å². The Hall–Kier alpha value is -6.81. The molecule has 0 spiro atoms. The van der Waals surface area contributed by atoms with Crippen LogP contribution in [0.25, 0.3) is 22.5 Å². The highest BCUT2D eigenvalue weighted by atomic mass is 35.5. The number of halogens is 5. The van der Waals surface area contributed by atoms with Crippen LogP contribution in [0.1, 0.15) is 39.3 Å². The highest BCUT2D eigenvalue weighted by Gasteiger charge is 2.20. The van der Waals surface area contributed by atoms with Crippen LogP contribution in [0, 0.1) is 37.1 Å². The molecule has 17 heteroatoms. The summed E-state index contributed by atoms with van der Waals surface area (Å²) in [6, 6.07) is 13.9. The summed E-state index contributed by atoms with van der Waals surface area (Å²) in [5.41, 5.74) is 9.27. The first kappa shape index (κ1) is 42.3. The Balaban J connectivity index is 0.000000183. The fourth-order valence-corrected chi connectivity index (χ4v) is 5.70. The quantitative estimate of drug-likeness (QED) is 0.127. The van der Waals surface area contributed by atoms with Gasteiger partial charge >= 0.3 is 0 Å². The molecule has 0 radical (unpaired) electrons. The van der Waals surface area contributed by atoms with E-state index in [2.05, 4.69) is 25.3 Å². The zero-order valence-electron chi connectivity index (χ0n) is 30.1. The molecule has 2 aliphatic rings. The number of benzene rings is 4. The summed E-state index contributed by atoms with van der Waals surface area (Å²) >= 11 is 4.89. The predicted octanol–water partition coefficient (Wildman–Crippen LogP) is 8.54. The van der Waals surface area contributed by atoms with Gasteiger partial charge in [0.05, 0.1) is 36.2 Å². The Kier molecular flexibility index (Phi) is 13.8. The second-order valence-electron chi connectivity index (χ2n) is 12.2. The first-order chi connectivity index (χ1) is 27.4. The van der Waals surface area contributed by atoms with Crippen molar-refractivity contribution in [3.8, 4) is 45.5 Å². The Bertz CT molecular complexity index is 2400. The van der Waals surface area contributed by atoms with Crippen molar-refractivity contribution >= 4 is 34.4 Å². The van der Waals surface area contributed by atoms with E-state index in [1.165, 1.54) is 18.5 Å². The molecule has 6 aromatic rings. The molecule has 3 N–H and O–H groups in total. The number of amides is 1. The molecule has 0 atom stereocenters. The number of nitrogens with one attached hydrogen (secondary N) is 1. The maximum atomic E-state index is 13.7. The fourth-order valence-electron chi connectivity index (χ4n) is 5.52. The molecule has 0 saturated heterocycles. The summed E-state index contributed by atoms with van der Waals surface area (Å²) < 4.78 is 74.8. The third kappa shape index (κ3) is 9.94. The van der Waals surface area contributed by atoms with Gasteiger partial charge in [0.1, 0.15) is 66.6 Å². The third-order valence-electron chi connectivity index (χ3n) is 8.24. The number of hydrogen-bond acceptors (Lipinski definition) is 11. The summed E-state index contributed by atoms with van der Waals surface area (Å²) in [4.78, 5) is 39.2. The number of nitrogens with zero attached hydrogens (tertiary/aromatic N) is 4. The number of fused-ring (bicyclic) bond motifs is 2. The van der Waals surface area contributed by atoms with E-state index in [0.717, 1.165) is 69.8 Å². The zero-order valence-corrected chi connectivity index (χ0v) is 30.9. The molecule has 0 bridgehead atoms. The molecule has 2 aromatic heterocycles. The molecular weight excluding hydrogens is 784 g/mol. The van der Waals surface area contributed by atoms with Crippen LogP contribution in [0.15, 0.2) is 85.5 Å². The van der Waals surface area contributed by atoms with E-state index in [-0.39, 0.29) is 13.2 Å². The SMILES string of the molecule is C.Cc1cc2c(cc1-c1cnc(N)cn1)OCCO2.Cc1cc2c(cc1-c1cnc(NC(=O)c3c(F)cccc3F)cn1)OCCO2.O=C(Cl)c1c(F)cccc1F. The van der Waals surface area contributed by atoms with E-state index in [9.17, 15) is 27.2 Å². The molecule has 0 aliphatic carbocycles. The summed E-state index contributed by atoms with van der Waals surface area (Å²) in [6.07, 6.45) is 5.99. The summed E-state index contributed by atoms with van der Waals surface area (Å²) in [5.74, 6) is -1.39. The molecule has 0 fully saturated rings. The number of anilines is 2. The Labute approximate surface area is 335 Å². The highest BCUT2D eigenvalue weighted by molar-refractivity contribution is 6.67. The number of carbonyl (C=O) groups excluding carboxylic acids is 2. The molecule has 0 unspecified atom stereocenters. The van der Waals surface area contributed by atoms with Crippen molar-refractivity contribution in [3.05, 3.63) is 131 Å². The van der Waals surface area contributed by atoms with Gasteiger partial charge in [0.2, 0.25) is 0 Å². The van der Waals surface area contributed by atoms with E-state index in [1.54, 1.807) is 12.4 Å². The second-order valence-corrected chi connectivity index (χ2v) is 12.5. The first-order valence-corrected chi connectivity index (χ1v) is 17.4. The molecule has 58 heavy (non-hydrogen) atoms. The van der Waals surface area contributed by atoms with Crippen LogP contribution in [0.5, 0.6) is 23.0 Å². The van der Waals surface area contributed by atoms with Gasteiger partial charge in [0.15, 0.2) is 28.8 Å². The molecule has 0 saturated carbocycles. The number of carbonyl (C=O) groups is 2. The van der Waals surface area contributed by atoms with Crippen molar-refractivity contribution < 1.29 is 46.1 Å². The lowest BCUT2D eigenvalue weighted by Crippen LogP contribution is -2.17. The van der Waals surface area contributed by atoms with Gasteiger partial charge in [-0.05, 0) is 85.1 Å². The number of nitrogens with two attached hydrogens (primary N) is 1. The summed E-state index contributed by atoms with van der Waals surface area (Å²) in [7, 11) is 0. The molecule has 8 rings (SSSR count). The lowest BCUT2D eigenvalue weighted by molar-refractivity contribution is 0.101. The van der Waals surface area contributed by atoms with Gasteiger partial charge in [0.25, 0.3) is 11.1 Å². The van der Waals surface area contributed by atoms with E-state index >= 15 is 0 Å². The van der Waals surface area contributed by atoms with Crippen molar-refractivity contribution in [2.24, 2.45) is 0 Å². The predicted molar refractivity (Wildman–Crippen MR) is 208 cm³/mol. The summed E-state index contributed by atoms with van der Waals surface area (Å²) in [5, 5.41) is 1.22. The zero-order chi connectivity index (χ0) is 40.6. The minimum Gasteiger partial charge on any atom is -0.486 e. The lowest BCUT2D eigenvalue weighted by atomic mass is 10.0. The van der Waals surface area contributed by atoms with Crippen LogP contribution >= 0.6 is 11.6 Å². The third-order valence-corrected chi connectivity index (χ3v) is 8.43. The van der Waals surface area contributed by atoms with Crippen LogP contribution in [-0.2, 0) is 0 Å². The van der Waals surface area contributed by atoms with Gasteiger partial charge in [-0.25, -0.2) is 27.5 Å². The molecule has 300 valence electrons. The van der Waals surface area contributed by atoms with Crippen LogP contribution in [0.2, 0.25) is 0 Å². The molecule has 2 aliphatic heterocycles. The number of ether oxygens (including phenoxy) is 4. The Morgan fingerprint density at radius 1 is 0.621 bits per heavy atom. The topological polar surface area (TPSA) is 161 Å². The fraction of sp³-hybridized carbons (Fsp3) is 0.171. The van der Waals surface area contributed by atoms with Crippen LogP contribution in [0.4, 0.5) is 29.2 Å². The average molecular weight is 819 g/mol. The Morgan fingerprint density at radius 3 is 1.41 bits per heavy atom. The molecule has 12 nitrogen and oxygen atoms in total. The van der Waals surface area contributed by atoms with Crippen molar-refractivity contribution in [1.29, 1.82) is 0 Å². The van der Waals surface area contributed by atoms with E-state index in [0.29, 0.717) is 49.4 Å². The number of aromatic nitrogens is 4. The van der Waals surface area contributed by atoms with Gasteiger partial charge in [-0.2, -0.15) is 0 Å². The van der Waals surface area contributed by atoms with Crippen molar-refractivity contribution in [2.45, 2.75) is 21.3 Å². The van der Waals surface area contributed by atoms with E-state index < -0.39 is 45.5 Å². The van der Waals surface area contributed by atoms with Crippen LogP contribution in [0.3, 0.4) is 0 Å². The van der Waals surface area contributed by atoms with Gasteiger partial charge < -0.3 is 30.0 Å². The standard InChI is InChI=1S/C20H15F2N3O3.C13H13N3O2.C7H3ClF2O.CH4/c1-11-7-16-17(28-6-5-27-16)8-12(11)15-9-24-18(10-23-15)25-20(26)19-13(21)3-2-4-14(19)22;1-8-4-11-12(18-3-2-17-11)5-9(8)10-6-16-13(14)7-15-10;8-7(11)6-4(9)2-1-3-5(6)10;/h2-4,7-10H,5-6H2,1H3,(H,24,25,26);4-7H,2-3H2,1H3,(H2,14,16);1-3H;1H4. The smallest absolute Gasteiger partial charge is 0.262 e. The maximum absolute atomic E-state index is 13.7. The molecular formula is C41H35ClF4N6O6. The molecule has 4 heterocycles. The molecule has 4 aromatic carbocycles. The lowest BCUT2D eigenvalue weighted by Gasteiger charge is -2.20. The van der Waals surface area contributed by atoms with Gasteiger partial charge in [-0.15, -0.1) is 0 Å². The highest BCUT2D eigenvalue weighted by Crippen LogP contribution is 2.38. The number of rotatable bonds is 5. The normalized spacial score (nSPS) is 12.1. The first-order valence-electron chi connectivity index (χ1n) is 17.0. The number of aryl methyl sites for hydroxylation is 2. The van der Waals surface area contributed by atoms with Crippen molar-refractivity contribution in [1.82, 2.24) is 19.9 Å². The number of hydrogen-bond donors (Lipinski definition) is 2. The Morgan fingerprint density at radius 2 is 1.03 bits per heavy atom. The van der Waals surface area contributed by atoms with Gasteiger partial charge in [-0.1, -0.05) is 19.6 Å². The summed E-state index contributed by atoms with van der Waals surface area (Å²) in [6.45, 7) is 6.05. The minimum absolute atomic E-state index is 0. The largest absolute Gasteiger partial charge is 0.486 e. The second kappa shape index (κ2) is 18.9. The minimum atomic E-state index is -1.12.